The summed E-state index contributed by atoms with van der Waals surface area (Å²) in [5, 5.41) is 0. The lowest BCUT2D eigenvalue weighted by Gasteiger charge is -2.48. The molecule has 1 aromatic rings. The maximum Gasteiger partial charge on any atom is 0.231 e. The first-order valence-corrected chi connectivity index (χ1v) is 8.25. The summed E-state index contributed by atoms with van der Waals surface area (Å²) in [7, 11) is 0. The molecule has 0 saturated carbocycles. The quantitative estimate of drug-likeness (QED) is 0.890. The normalized spacial score (nSPS) is 25.7. The van der Waals surface area contributed by atoms with E-state index in [2.05, 4.69) is 9.88 Å². The van der Waals surface area contributed by atoms with Gasteiger partial charge >= 0.3 is 0 Å². The van der Waals surface area contributed by atoms with E-state index in [1.807, 2.05) is 23.1 Å². The van der Waals surface area contributed by atoms with Crippen molar-refractivity contribution in [2.45, 2.75) is 32.2 Å². The molecule has 1 atom stereocenters. The maximum absolute atomic E-state index is 12.3. The van der Waals surface area contributed by atoms with E-state index in [9.17, 15) is 9.59 Å². The summed E-state index contributed by atoms with van der Waals surface area (Å²) in [4.78, 5) is 31.9. The zero-order valence-electron chi connectivity index (χ0n) is 13.4. The molecule has 2 amide bonds. The Morgan fingerprint density at radius 1 is 1.30 bits per heavy atom. The van der Waals surface area contributed by atoms with Gasteiger partial charge in [-0.15, -0.1) is 0 Å². The number of amides is 2. The van der Waals surface area contributed by atoms with Crippen molar-refractivity contribution >= 4 is 11.8 Å². The molecule has 1 aromatic heterocycles. The number of carbonyl (C=O) groups excluding carboxylic acids is 2. The zero-order chi connectivity index (χ0) is 16.3. The van der Waals surface area contributed by atoms with E-state index in [1.54, 1.807) is 6.20 Å². The second kappa shape index (κ2) is 6.66. The first kappa shape index (κ1) is 15.9. The predicted octanol–water partition coefficient (Wildman–Crippen LogP) is 0.772. The Morgan fingerprint density at radius 2 is 2.17 bits per heavy atom. The number of aromatic nitrogens is 1. The second-order valence-electron chi connectivity index (χ2n) is 6.85. The number of piperidine rings is 2. The summed E-state index contributed by atoms with van der Waals surface area (Å²) in [6.07, 6.45) is 5.40. The molecule has 6 nitrogen and oxygen atoms in total. The maximum atomic E-state index is 12.3. The molecule has 23 heavy (non-hydrogen) atoms. The fourth-order valence-corrected chi connectivity index (χ4v) is 3.93. The second-order valence-corrected chi connectivity index (χ2v) is 6.85. The van der Waals surface area contributed by atoms with Crippen molar-refractivity contribution in [1.29, 1.82) is 0 Å². The van der Waals surface area contributed by atoms with Crippen LogP contribution in [0.2, 0.25) is 0 Å². The van der Waals surface area contributed by atoms with Crippen molar-refractivity contribution in [2.75, 3.05) is 26.2 Å². The summed E-state index contributed by atoms with van der Waals surface area (Å²) in [5.74, 6) is -0.0763. The third-order valence-corrected chi connectivity index (χ3v) is 4.95. The molecule has 0 unspecified atom stereocenters. The van der Waals surface area contributed by atoms with E-state index in [0.29, 0.717) is 19.5 Å². The van der Waals surface area contributed by atoms with Crippen molar-refractivity contribution in [3.05, 3.63) is 30.1 Å². The van der Waals surface area contributed by atoms with Gasteiger partial charge in [-0.05, 0) is 37.9 Å². The van der Waals surface area contributed by atoms with Crippen LogP contribution in [0, 0.1) is 5.41 Å². The van der Waals surface area contributed by atoms with Gasteiger partial charge in [0.05, 0.1) is 18.8 Å². The minimum Gasteiger partial charge on any atom is -0.369 e. The SMILES string of the molecule is NC(=O)CN1CCC[C@]2(CCC(=O)N(Cc3ccccn3)C2)C1. The van der Waals surface area contributed by atoms with E-state index in [1.165, 1.54) is 0 Å². The number of nitrogens with zero attached hydrogens (tertiary/aromatic N) is 3. The fraction of sp³-hybridized carbons (Fsp3) is 0.588. The van der Waals surface area contributed by atoms with Crippen LogP contribution in [0.3, 0.4) is 0 Å². The van der Waals surface area contributed by atoms with Crippen LogP contribution in [0.25, 0.3) is 0 Å². The third kappa shape index (κ3) is 3.88. The van der Waals surface area contributed by atoms with Gasteiger partial charge in [-0.3, -0.25) is 19.5 Å². The summed E-state index contributed by atoms with van der Waals surface area (Å²) < 4.78 is 0. The molecule has 2 N–H and O–H groups in total. The van der Waals surface area contributed by atoms with E-state index < -0.39 is 0 Å². The first-order chi connectivity index (χ1) is 11.1. The topological polar surface area (TPSA) is 79.5 Å². The smallest absolute Gasteiger partial charge is 0.231 e. The van der Waals surface area contributed by atoms with Gasteiger partial charge in [0.1, 0.15) is 0 Å². The third-order valence-electron chi connectivity index (χ3n) is 4.95. The average Bonchev–Trinajstić information content (AvgIpc) is 2.52. The Hall–Kier alpha value is -1.95. The number of rotatable bonds is 4. The molecule has 2 aliphatic heterocycles. The van der Waals surface area contributed by atoms with Crippen LogP contribution in [-0.4, -0.2) is 52.8 Å². The molecule has 0 radical (unpaired) electrons. The molecular formula is C17H24N4O2. The lowest BCUT2D eigenvalue weighted by atomic mass is 9.73. The van der Waals surface area contributed by atoms with Gasteiger partial charge in [0.2, 0.25) is 11.8 Å². The lowest BCUT2D eigenvalue weighted by molar-refractivity contribution is -0.140. The molecule has 0 aliphatic carbocycles. The molecule has 2 saturated heterocycles. The number of likely N-dealkylation sites (tertiary alicyclic amines) is 2. The molecule has 124 valence electrons. The lowest BCUT2D eigenvalue weighted by Crippen LogP contribution is -2.54. The number of pyridine rings is 1. The Bertz CT molecular complexity index is 577. The van der Waals surface area contributed by atoms with Crippen molar-refractivity contribution < 1.29 is 9.59 Å². The van der Waals surface area contributed by atoms with E-state index in [4.69, 9.17) is 5.73 Å². The summed E-state index contributed by atoms with van der Waals surface area (Å²) in [5.41, 5.74) is 6.35. The number of primary amides is 1. The Balaban J connectivity index is 1.69. The van der Waals surface area contributed by atoms with Gasteiger partial charge in [-0.2, -0.15) is 0 Å². The molecule has 0 aromatic carbocycles. The molecule has 1 spiro atoms. The van der Waals surface area contributed by atoms with Crippen molar-refractivity contribution in [2.24, 2.45) is 11.1 Å². The van der Waals surface area contributed by atoms with Gasteiger partial charge in [0.25, 0.3) is 0 Å². The monoisotopic (exact) mass is 316 g/mol. The predicted molar refractivity (Wildman–Crippen MR) is 86.2 cm³/mol. The molecule has 3 rings (SSSR count). The summed E-state index contributed by atoms with van der Waals surface area (Å²) in [6, 6.07) is 5.78. The first-order valence-electron chi connectivity index (χ1n) is 8.25. The van der Waals surface area contributed by atoms with E-state index >= 15 is 0 Å². The minimum atomic E-state index is -0.278. The molecule has 2 aliphatic rings. The Labute approximate surface area is 136 Å². The highest BCUT2D eigenvalue weighted by molar-refractivity contribution is 5.77. The number of nitrogens with two attached hydrogens (primary N) is 1. The number of hydrogen-bond acceptors (Lipinski definition) is 4. The van der Waals surface area contributed by atoms with Gasteiger partial charge < -0.3 is 10.6 Å². The van der Waals surface area contributed by atoms with Gasteiger partial charge in [-0.25, -0.2) is 0 Å². The Morgan fingerprint density at radius 3 is 2.91 bits per heavy atom. The highest BCUT2D eigenvalue weighted by Gasteiger charge is 2.41. The summed E-state index contributed by atoms with van der Waals surface area (Å²) in [6.45, 7) is 3.39. The van der Waals surface area contributed by atoms with Crippen LogP contribution in [0.15, 0.2) is 24.4 Å². The van der Waals surface area contributed by atoms with Crippen molar-refractivity contribution in [3.63, 3.8) is 0 Å². The largest absolute Gasteiger partial charge is 0.369 e. The highest BCUT2D eigenvalue weighted by atomic mass is 16.2. The number of carbonyl (C=O) groups is 2. The summed E-state index contributed by atoms with van der Waals surface area (Å²) >= 11 is 0. The fourth-order valence-electron chi connectivity index (χ4n) is 3.93. The molecular weight excluding hydrogens is 292 g/mol. The minimum absolute atomic E-state index is 0.0936. The molecule has 3 heterocycles. The van der Waals surface area contributed by atoms with Crippen LogP contribution < -0.4 is 5.73 Å². The van der Waals surface area contributed by atoms with Gasteiger partial charge in [0, 0.05) is 31.1 Å². The molecule has 2 fully saturated rings. The van der Waals surface area contributed by atoms with Crippen LogP contribution >= 0.6 is 0 Å². The van der Waals surface area contributed by atoms with E-state index in [0.717, 1.165) is 44.6 Å². The van der Waals surface area contributed by atoms with Crippen molar-refractivity contribution in [3.8, 4) is 0 Å². The van der Waals surface area contributed by atoms with Crippen LogP contribution in [0.1, 0.15) is 31.4 Å². The van der Waals surface area contributed by atoms with Gasteiger partial charge in [-0.1, -0.05) is 6.07 Å². The zero-order valence-corrected chi connectivity index (χ0v) is 13.4. The Kier molecular flexibility index (Phi) is 4.61. The van der Waals surface area contributed by atoms with Gasteiger partial charge in [0.15, 0.2) is 0 Å². The molecule has 6 heteroatoms. The van der Waals surface area contributed by atoms with E-state index in [-0.39, 0.29) is 17.2 Å². The van der Waals surface area contributed by atoms with Crippen LogP contribution in [-0.2, 0) is 16.1 Å². The number of hydrogen-bond donors (Lipinski definition) is 1. The highest BCUT2D eigenvalue weighted by Crippen LogP contribution is 2.39. The molecule has 0 bridgehead atoms. The standard InChI is InChI=1S/C17H24N4O2/c18-15(22)11-20-9-3-6-17(12-20)7-5-16(23)21(13-17)10-14-4-1-2-8-19-14/h1-2,4,8H,3,5-7,9-13H2,(H2,18,22)/t17-/m0/s1. The van der Waals surface area contributed by atoms with Crippen LogP contribution in [0.4, 0.5) is 0 Å². The van der Waals surface area contributed by atoms with Crippen LogP contribution in [0.5, 0.6) is 0 Å². The van der Waals surface area contributed by atoms with Crippen molar-refractivity contribution in [1.82, 2.24) is 14.8 Å². The average molecular weight is 316 g/mol.